The van der Waals surface area contributed by atoms with Crippen molar-refractivity contribution in [1.29, 1.82) is 0 Å². The van der Waals surface area contributed by atoms with Crippen LogP contribution in [0.5, 0.6) is 0 Å². The fourth-order valence-corrected chi connectivity index (χ4v) is 3.71. The summed E-state index contributed by atoms with van der Waals surface area (Å²) in [6, 6.07) is 1.03. The molecule has 2 unspecified atom stereocenters. The molecule has 0 aliphatic carbocycles. The van der Waals surface area contributed by atoms with E-state index in [0.29, 0.717) is 17.8 Å². The summed E-state index contributed by atoms with van der Waals surface area (Å²) in [5.41, 5.74) is 0.218. The zero-order valence-electron chi connectivity index (χ0n) is 13.8. The van der Waals surface area contributed by atoms with Crippen LogP contribution in [-0.2, 0) is 9.84 Å². The first-order chi connectivity index (χ1) is 9.13. The Balaban J connectivity index is 2.62. The largest absolute Gasteiger partial charge is 0.311 e. The van der Waals surface area contributed by atoms with E-state index >= 15 is 0 Å². The fraction of sp³-hybridized carbons (Fsp3) is 1.00. The van der Waals surface area contributed by atoms with E-state index in [0.717, 1.165) is 26.1 Å². The number of piperazine rings is 1. The minimum atomic E-state index is -2.84. The first-order valence-corrected chi connectivity index (χ1v) is 9.84. The zero-order chi connectivity index (χ0) is 15.4. The topological polar surface area (TPSA) is 49.4 Å². The molecule has 0 spiro atoms. The maximum Gasteiger partial charge on any atom is 0.147 e. The van der Waals surface area contributed by atoms with Crippen molar-refractivity contribution >= 4 is 9.84 Å². The second-order valence-electron chi connectivity index (χ2n) is 7.25. The van der Waals surface area contributed by atoms with Crippen LogP contribution in [-0.4, -0.2) is 57.0 Å². The van der Waals surface area contributed by atoms with Gasteiger partial charge in [0.25, 0.3) is 0 Å². The average molecular weight is 305 g/mol. The van der Waals surface area contributed by atoms with Gasteiger partial charge in [-0.15, -0.1) is 0 Å². The Bertz CT molecular complexity index is 387. The molecule has 20 heavy (non-hydrogen) atoms. The van der Waals surface area contributed by atoms with Crippen LogP contribution >= 0.6 is 0 Å². The van der Waals surface area contributed by atoms with Gasteiger partial charge in [0.05, 0.1) is 5.75 Å². The van der Waals surface area contributed by atoms with E-state index in [2.05, 4.69) is 37.9 Å². The van der Waals surface area contributed by atoms with Crippen LogP contribution < -0.4 is 5.32 Å². The molecule has 0 radical (unpaired) electrons. The SMILES string of the molecule is CCCC1CN(CCCS(C)(=O)=O)C(C(C)(C)C)CN1. The highest BCUT2D eigenvalue weighted by Gasteiger charge is 2.34. The van der Waals surface area contributed by atoms with E-state index < -0.39 is 9.84 Å². The van der Waals surface area contributed by atoms with E-state index in [9.17, 15) is 8.42 Å². The molecule has 1 rings (SSSR count). The molecular formula is C15H32N2O2S. The lowest BCUT2D eigenvalue weighted by Crippen LogP contribution is -2.60. The smallest absolute Gasteiger partial charge is 0.147 e. The minimum absolute atomic E-state index is 0.218. The lowest BCUT2D eigenvalue weighted by Gasteiger charge is -2.46. The summed E-state index contributed by atoms with van der Waals surface area (Å²) in [6.07, 6.45) is 4.45. The summed E-state index contributed by atoms with van der Waals surface area (Å²) in [5.74, 6) is 0.298. The summed E-state index contributed by atoms with van der Waals surface area (Å²) in [4.78, 5) is 2.50. The molecule has 4 nitrogen and oxygen atoms in total. The van der Waals surface area contributed by atoms with Gasteiger partial charge in [-0.1, -0.05) is 34.1 Å². The highest BCUT2D eigenvalue weighted by atomic mass is 32.2. The number of nitrogens with zero attached hydrogens (tertiary/aromatic N) is 1. The molecule has 1 fully saturated rings. The van der Waals surface area contributed by atoms with Gasteiger partial charge in [-0.25, -0.2) is 8.42 Å². The van der Waals surface area contributed by atoms with Crippen molar-refractivity contribution < 1.29 is 8.42 Å². The summed E-state index contributed by atoms with van der Waals surface area (Å²) < 4.78 is 22.6. The number of hydrogen-bond acceptors (Lipinski definition) is 4. The zero-order valence-corrected chi connectivity index (χ0v) is 14.6. The normalized spacial score (nSPS) is 25.9. The number of hydrogen-bond donors (Lipinski definition) is 1. The summed E-state index contributed by atoms with van der Waals surface area (Å²) in [5, 5.41) is 3.65. The Morgan fingerprint density at radius 3 is 2.45 bits per heavy atom. The average Bonchev–Trinajstić information content (AvgIpc) is 2.26. The van der Waals surface area contributed by atoms with Crippen molar-refractivity contribution in [3.05, 3.63) is 0 Å². The third-order valence-corrected chi connectivity index (χ3v) is 5.12. The quantitative estimate of drug-likeness (QED) is 0.814. The molecule has 120 valence electrons. The van der Waals surface area contributed by atoms with E-state index in [1.165, 1.54) is 19.1 Å². The first-order valence-electron chi connectivity index (χ1n) is 7.78. The molecule has 5 heteroatoms. The Labute approximate surface area is 125 Å². The Kier molecular flexibility index (Phi) is 6.48. The van der Waals surface area contributed by atoms with Crippen LogP contribution in [0.3, 0.4) is 0 Å². The van der Waals surface area contributed by atoms with Crippen LogP contribution in [0.1, 0.15) is 47.0 Å². The van der Waals surface area contributed by atoms with Crippen LogP contribution in [0, 0.1) is 5.41 Å². The van der Waals surface area contributed by atoms with Crippen LogP contribution in [0.25, 0.3) is 0 Å². The second-order valence-corrected chi connectivity index (χ2v) is 9.51. The molecule has 0 saturated carbocycles. The number of rotatable bonds is 6. The van der Waals surface area contributed by atoms with Crippen molar-refractivity contribution in [1.82, 2.24) is 10.2 Å². The highest BCUT2D eigenvalue weighted by Crippen LogP contribution is 2.27. The van der Waals surface area contributed by atoms with E-state index in [1.54, 1.807) is 0 Å². The van der Waals surface area contributed by atoms with Gasteiger partial charge in [0, 0.05) is 31.4 Å². The van der Waals surface area contributed by atoms with E-state index in [4.69, 9.17) is 0 Å². The van der Waals surface area contributed by atoms with Gasteiger partial charge in [0.2, 0.25) is 0 Å². The van der Waals surface area contributed by atoms with E-state index in [-0.39, 0.29) is 5.41 Å². The predicted molar refractivity (Wildman–Crippen MR) is 85.8 cm³/mol. The molecule has 1 heterocycles. The molecule has 0 aromatic rings. The number of sulfone groups is 1. The molecular weight excluding hydrogens is 272 g/mol. The van der Waals surface area contributed by atoms with Gasteiger partial charge >= 0.3 is 0 Å². The number of nitrogens with one attached hydrogen (secondary N) is 1. The maximum absolute atomic E-state index is 11.3. The van der Waals surface area contributed by atoms with Crippen LogP contribution in [0.4, 0.5) is 0 Å². The van der Waals surface area contributed by atoms with Crippen molar-refractivity contribution in [3.8, 4) is 0 Å². The predicted octanol–water partition coefficient (Wildman–Crippen LogP) is 1.91. The standard InChI is InChI=1S/C15H32N2O2S/c1-6-8-13-12-17(9-7-10-20(5,18)19)14(11-16-13)15(2,3)4/h13-14,16H,6-12H2,1-5H3. The van der Waals surface area contributed by atoms with Crippen LogP contribution in [0.2, 0.25) is 0 Å². The molecule has 0 aromatic heterocycles. The monoisotopic (exact) mass is 304 g/mol. The molecule has 1 saturated heterocycles. The molecule has 0 aromatic carbocycles. The second kappa shape index (κ2) is 7.23. The van der Waals surface area contributed by atoms with Crippen molar-refractivity contribution in [2.45, 2.75) is 59.0 Å². The van der Waals surface area contributed by atoms with Crippen molar-refractivity contribution in [2.75, 3.05) is 31.6 Å². The molecule has 1 aliphatic heterocycles. The van der Waals surface area contributed by atoms with Gasteiger partial charge in [0.1, 0.15) is 9.84 Å². The van der Waals surface area contributed by atoms with Gasteiger partial charge in [-0.2, -0.15) is 0 Å². The molecule has 2 atom stereocenters. The first kappa shape index (κ1) is 17.9. The van der Waals surface area contributed by atoms with Gasteiger partial charge in [0.15, 0.2) is 0 Å². The lowest BCUT2D eigenvalue weighted by atomic mass is 9.83. The molecule has 1 N–H and O–H groups in total. The van der Waals surface area contributed by atoms with Crippen LogP contribution in [0.15, 0.2) is 0 Å². The fourth-order valence-electron chi connectivity index (χ4n) is 3.05. The highest BCUT2D eigenvalue weighted by molar-refractivity contribution is 7.90. The minimum Gasteiger partial charge on any atom is -0.311 e. The van der Waals surface area contributed by atoms with Gasteiger partial charge < -0.3 is 5.32 Å². The van der Waals surface area contributed by atoms with Gasteiger partial charge in [-0.3, -0.25) is 4.90 Å². The Morgan fingerprint density at radius 2 is 1.95 bits per heavy atom. The molecule has 0 amide bonds. The summed E-state index contributed by atoms with van der Waals surface area (Å²) >= 11 is 0. The van der Waals surface area contributed by atoms with Crippen molar-refractivity contribution in [3.63, 3.8) is 0 Å². The third kappa shape index (κ3) is 6.10. The Hall–Kier alpha value is -0.130. The third-order valence-electron chi connectivity index (χ3n) is 4.09. The summed E-state index contributed by atoms with van der Waals surface area (Å²) in [7, 11) is -2.84. The van der Waals surface area contributed by atoms with Crippen molar-refractivity contribution in [2.24, 2.45) is 5.41 Å². The molecule has 0 bridgehead atoms. The van der Waals surface area contributed by atoms with Gasteiger partial charge in [-0.05, 0) is 24.8 Å². The lowest BCUT2D eigenvalue weighted by molar-refractivity contribution is 0.0541. The molecule has 1 aliphatic rings. The maximum atomic E-state index is 11.3. The summed E-state index contributed by atoms with van der Waals surface area (Å²) in [6.45, 7) is 11.9. The van der Waals surface area contributed by atoms with E-state index in [1.807, 2.05) is 0 Å². The Morgan fingerprint density at radius 1 is 1.30 bits per heavy atom.